The molecule has 0 aliphatic carbocycles. The highest BCUT2D eigenvalue weighted by Gasteiger charge is 2.23. The molecule has 4 rings (SSSR count). The van der Waals surface area contributed by atoms with Gasteiger partial charge in [-0.1, -0.05) is 30.3 Å². The van der Waals surface area contributed by atoms with Crippen LogP contribution >= 0.6 is 0 Å². The number of nitrogens with zero attached hydrogens (tertiary/aromatic N) is 5. The molecule has 0 saturated carbocycles. The van der Waals surface area contributed by atoms with Crippen LogP contribution in [0.25, 0.3) is 0 Å². The molecule has 0 bridgehead atoms. The van der Waals surface area contributed by atoms with Gasteiger partial charge in [0.1, 0.15) is 0 Å². The summed E-state index contributed by atoms with van der Waals surface area (Å²) in [5.41, 5.74) is 1.39. The maximum Gasteiger partial charge on any atom is 0.225 e. The lowest BCUT2D eigenvalue weighted by Crippen LogP contribution is -2.41. The number of rotatable bonds is 5. The third kappa shape index (κ3) is 5.50. The van der Waals surface area contributed by atoms with E-state index in [9.17, 15) is 0 Å². The van der Waals surface area contributed by atoms with Crippen molar-refractivity contribution < 1.29 is 4.74 Å². The summed E-state index contributed by atoms with van der Waals surface area (Å²) in [6.45, 7) is 9.17. The van der Waals surface area contributed by atoms with Crippen molar-refractivity contribution in [2.24, 2.45) is 0 Å². The lowest BCUT2D eigenvalue weighted by molar-refractivity contribution is 0.0272. The second-order valence-corrected chi connectivity index (χ2v) is 7.76. The minimum absolute atomic E-state index is 0.283. The Morgan fingerprint density at radius 3 is 2.54 bits per heavy atom. The van der Waals surface area contributed by atoms with E-state index in [1.165, 1.54) is 5.56 Å². The Hall–Kier alpha value is -2.02. The van der Waals surface area contributed by atoms with E-state index in [2.05, 4.69) is 55.0 Å². The Morgan fingerprint density at radius 2 is 1.68 bits per heavy atom. The summed E-state index contributed by atoms with van der Waals surface area (Å²) in [7, 11) is 0. The Bertz CT molecular complexity index is 699. The molecule has 2 aromatic rings. The molecule has 2 saturated heterocycles. The Balaban J connectivity index is 1.30. The summed E-state index contributed by atoms with van der Waals surface area (Å²) in [5.74, 6) is 0.851. The number of hydrogen-bond acceptors (Lipinski definition) is 6. The summed E-state index contributed by atoms with van der Waals surface area (Å²) in [4.78, 5) is 16.2. The topological polar surface area (TPSA) is 44.7 Å². The molecule has 0 N–H and O–H groups in total. The first-order valence-corrected chi connectivity index (χ1v) is 10.5. The van der Waals surface area contributed by atoms with E-state index in [1.54, 1.807) is 0 Å². The number of aromatic nitrogens is 2. The number of benzene rings is 1. The van der Waals surface area contributed by atoms with Gasteiger partial charge in [0, 0.05) is 64.8 Å². The molecule has 2 fully saturated rings. The SMILES string of the molecule is c1ccc(CN2CCCOC(CN3CCCN(c4ncccn4)CC3)C2)cc1. The molecule has 3 heterocycles. The molecule has 0 amide bonds. The average molecular weight is 382 g/mol. The zero-order valence-corrected chi connectivity index (χ0v) is 16.6. The molecule has 2 aliphatic rings. The summed E-state index contributed by atoms with van der Waals surface area (Å²) in [5, 5.41) is 0. The van der Waals surface area contributed by atoms with Crippen LogP contribution in [0.15, 0.2) is 48.8 Å². The van der Waals surface area contributed by atoms with E-state index in [0.717, 1.165) is 77.8 Å². The van der Waals surface area contributed by atoms with Gasteiger partial charge in [-0.3, -0.25) is 9.80 Å². The first-order chi connectivity index (χ1) is 13.9. The fourth-order valence-corrected chi connectivity index (χ4v) is 4.16. The fraction of sp³-hybridized carbons (Fsp3) is 0.545. The smallest absolute Gasteiger partial charge is 0.225 e. The standard InChI is InChI=1S/C22H31N5O/c1-2-7-20(8-3-1)17-26-12-6-16-28-21(19-26)18-25-11-5-13-27(15-14-25)22-23-9-4-10-24-22/h1-4,7-10,21H,5-6,11-19H2. The highest BCUT2D eigenvalue weighted by Crippen LogP contribution is 2.14. The highest BCUT2D eigenvalue weighted by molar-refractivity contribution is 5.28. The van der Waals surface area contributed by atoms with Gasteiger partial charge in [-0.25, -0.2) is 9.97 Å². The summed E-state index contributed by atoms with van der Waals surface area (Å²) >= 11 is 0. The molecule has 2 aliphatic heterocycles. The van der Waals surface area contributed by atoms with Gasteiger partial charge in [0.05, 0.1) is 6.10 Å². The molecule has 6 heteroatoms. The molecule has 28 heavy (non-hydrogen) atoms. The van der Waals surface area contributed by atoms with E-state index < -0.39 is 0 Å². The van der Waals surface area contributed by atoms with Crippen molar-refractivity contribution in [3.8, 4) is 0 Å². The van der Waals surface area contributed by atoms with Crippen LogP contribution in [0.4, 0.5) is 5.95 Å². The Labute approximate surface area is 168 Å². The van der Waals surface area contributed by atoms with Crippen molar-refractivity contribution in [3.05, 3.63) is 54.4 Å². The molecular formula is C22H31N5O. The largest absolute Gasteiger partial charge is 0.376 e. The highest BCUT2D eigenvalue weighted by atomic mass is 16.5. The Kier molecular flexibility index (Phi) is 6.87. The van der Waals surface area contributed by atoms with Gasteiger partial charge in [-0.15, -0.1) is 0 Å². The predicted molar refractivity (Wildman–Crippen MR) is 111 cm³/mol. The average Bonchev–Trinajstić information content (AvgIpc) is 3.10. The normalized spacial score (nSPS) is 22.6. The number of anilines is 1. The van der Waals surface area contributed by atoms with Crippen LogP contribution in [0.2, 0.25) is 0 Å². The minimum atomic E-state index is 0.283. The maximum absolute atomic E-state index is 6.20. The quantitative estimate of drug-likeness (QED) is 0.792. The molecule has 150 valence electrons. The van der Waals surface area contributed by atoms with Crippen molar-refractivity contribution in [1.82, 2.24) is 19.8 Å². The van der Waals surface area contributed by atoms with Crippen LogP contribution < -0.4 is 4.90 Å². The summed E-state index contributed by atoms with van der Waals surface area (Å²) in [6.07, 6.45) is 6.18. The minimum Gasteiger partial charge on any atom is -0.376 e. The third-order valence-electron chi connectivity index (χ3n) is 5.57. The number of ether oxygens (including phenoxy) is 1. The molecule has 1 atom stereocenters. The molecule has 1 aromatic carbocycles. The first kappa shape index (κ1) is 19.3. The molecule has 1 aromatic heterocycles. The van der Waals surface area contributed by atoms with Gasteiger partial charge in [0.15, 0.2) is 0 Å². The predicted octanol–water partition coefficient (Wildman–Crippen LogP) is 2.28. The van der Waals surface area contributed by atoms with Gasteiger partial charge < -0.3 is 9.64 Å². The van der Waals surface area contributed by atoms with Crippen molar-refractivity contribution in [2.45, 2.75) is 25.5 Å². The fourth-order valence-electron chi connectivity index (χ4n) is 4.16. The molecule has 1 unspecified atom stereocenters. The van der Waals surface area contributed by atoms with Crippen molar-refractivity contribution >= 4 is 5.95 Å². The van der Waals surface area contributed by atoms with Crippen LogP contribution in [0, 0.1) is 0 Å². The zero-order chi connectivity index (χ0) is 19.0. The Morgan fingerprint density at radius 1 is 0.857 bits per heavy atom. The van der Waals surface area contributed by atoms with Crippen LogP contribution in [0.5, 0.6) is 0 Å². The first-order valence-electron chi connectivity index (χ1n) is 10.5. The van der Waals surface area contributed by atoms with Crippen LogP contribution in [0.1, 0.15) is 18.4 Å². The summed E-state index contributed by atoms with van der Waals surface area (Å²) in [6, 6.07) is 12.6. The van der Waals surface area contributed by atoms with Gasteiger partial charge in [-0.05, 0) is 31.0 Å². The monoisotopic (exact) mass is 381 g/mol. The van der Waals surface area contributed by atoms with Gasteiger partial charge in [0.2, 0.25) is 5.95 Å². The maximum atomic E-state index is 6.20. The van der Waals surface area contributed by atoms with Crippen molar-refractivity contribution in [3.63, 3.8) is 0 Å². The van der Waals surface area contributed by atoms with E-state index >= 15 is 0 Å². The number of hydrogen-bond donors (Lipinski definition) is 0. The van der Waals surface area contributed by atoms with Gasteiger partial charge in [-0.2, -0.15) is 0 Å². The van der Waals surface area contributed by atoms with E-state index in [-0.39, 0.29) is 6.10 Å². The van der Waals surface area contributed by atoms with Crippen LogP contribution in [0.3, 0.4) is 0 Å². The lowest BCUT2D eigenvalue weighted by Gasteiger charge is -2.28. The second-order valence-electron chi connectivity index (χ2n) is 7.76. The molecule has 0 radical (unpaired) electrons. The van der Waals surface area contributed by atoms with Crippen LogP contribution in [-0.4, -0.2) is 78.3 Å². The van der Waals surface area contributed by atoms with Crippen LogP contribution in [-0.2, 0) is 11.3 Å². The molecule has 6 nitrogen and oxygen atoms in total. The third-order valence-corrected chi connectivity index (χ3v) is 5.57. The second kappa shape index (κ2) is 9.96. The van der Waals surface area contributed by atoms with Gasteiger partial charge in [0.25, 0.3) is 0 Å². The molecule has 0 spiro atoms. The van der Waals surface area contributed by atoms with Crippen molar-refractivity contribution in [2.75, 3.05) is 57.3 Å². The zero-order valence-electron chi connectivity index (χ0n) is 16.6. The van der Waals surface area contributed by atoms with E-state index in [0.29, 0.717) is 0 Å². The molecular weight excluding hydrogens is 350 g/mol. The van der Waals surface area contributed by atoms with E-state index in [1.807, 2.05) is 18.5 Å². The van der Waals surface area contributed by atoms with Gasteiger partial charge >= 0.3 is 0 Å². The lowest BCUT2D eigenvalue weighted by atomic mass is 10.2. The van der Waals surface area contributed by atoms with E-state index in [4.69, 9.17) is 4.74 Å². The van der Waals surface area contributed by atoms with Crippen molar-refractivity contribution in [1.29, 1.82) is 0 Å². The summed E-state index contributed by atoms with van der Waals surface area (Å²) < 4.78 is 6.20.